The van der Waals surface area contributed by atoms with E-state index in [-0.39, 0.29) is 0 Å². The van der Waals surface area contributed by atoms with Crippen LogP contribution in [-0.2, 0) is 14.5 Å². The molecule has 0 aromatic carbocycles. The van der Waals surface area contributed by atoms with E-state index in [2.05, 4.69) is 9.68 Å². The van der Waals surface area contributed by atoms with Crippen molar-refractivity contribution in [2.75, 3.05) is 19.1 Å². The van der Waals surface area contributed by atoms with Gasteiger partial charge in [-0.05, 0) is 6.42 Å². The molecule has 1 heterocycles. The van der Waals surface area contributed by atoms with Gasteiger partial charge in [0.1, 0.15) is 0 Å². The maximum absolute atomic E-state index is 11.3. The first-order valence-electron chi connectivity index (χ1n) is 4.01. The highest BCUT2D eigenvalue weighted by Gasteiger charge is 2.28. The molecular weight excluding hydrogens is 192 g/mol. The van der Waals surface area contributed by atoms with Crippen molar-refractivity contribution >= 4 is 15.6 Å². The molecule has 1 amide bonds. The second-order valence-electron chi connectivity index (χ2n) is 3.46. The molecule has 0 aliphatic carbocycles. The Morgan fingerprint density at radius 3 is 2.62 bits per heavy atom. The van der Waals surface area contributed by atoms with Gasteiger partial charge in [0.25, 0.3) is 5.91 Å². The minimum Gasteiger partial charge on any atom is -0.392 e. The van der Waals surface area contributed by atoms with Crippen LogP contribution >= 0.6 is 0 Å². The molecule has 2 N–H and O–H groups in total. The number of nitrogens with one attached hydrogen (secondary N) is 1. The van der Waals surface area contributed by atoms with Gasteiger partial charge in [0.05, 0.1) is 12.1 Å². The molecule has 2 unspecified atom stereocenters. The van der Waals surface area contributed by atoms with E-state index >= 15 is 0 Å². The van der Waals surface area contributed by atoms with Crippen LogP contribution in [0.25, 0.3) is 0 Å². The Bertz CT molecular complexity index is 312. The van der Waals surface area contributed by atoms with E-state index in [0.717, 1.165) is 0 Å². The van der Waals surface area contributed by atoms with Gasteiger partial charge >= 0.3 is 0 Å². The van der Waals surface area contributed by atoms with Gasteiger partial charge in [0, 0.05) is 28.8 Å². The third-order valence-corrected chi connectivity index (χ3v) is 2.34. The van der Waals surface area contributed by atoms with Crippen LogP contribution in [0.3, 0.4) is 0 Å². The highest BCUT2D eigenvalue weighted by atomic mass is 32.2. The maximum Gasteiger partial charge on any atom is 0.270 e. The number of hydrogen-bond donors (Lipinski definition) is 2. The van der Waals surface area contributed by atoms with Crippen molar-refractivity contribution in [3.8, 4) is 0 Å². The van der Waals surface area contributed by atoms with Gasteiger partial charge < -0.3 is 10.4 Å². The number of aliphatic hydroxyl groups excluding tert-OH is 1. The summed E-state index contributed by atoms with van der Waals surface area (Å²) in [5, 5.41) is 11.9. The van der Waals surface area contributed by atoms with Crippen LogP contribution in [0.2, 0.25) is 0 Å². The fourth-order valence-electron chi connectivity index (χ4n) is 1.19. The van der Waals surface area contributed by atoms with E-state index in [9.17, 15) is 9.00 Å². The van der Waals surface area contributed by atoms with Crippen molar-refractivity contribution in [3.05, 3.63) is 0 Å². The summed E-state index contributed by atoms with van der Waals surface area (Å²) >= 11 is 0. The topological polar surface area (TPSA) is 78.8 Å². The third kappa shape index (κ3) is 3.41. The normalized spacial score (nSPS) is 28.8. The minimum absolute atomic E-state index is 0.359. The number of carbonyl (C=O) groups excluding carboxylic acids is 1. The summed E-state index contributed by atoms with van der Waals surface area (Å²) in [6.07, 6.45) is 2.69. The average molecular weight is 206 g/mol. The Morgan fingerprint density at radius 2 is 2.23 bits per heavy atom. The lowest BCUT2D eigenvalue weighted by Crippen LogP contribution is -2.29. The first-order chi connectivity index (χ1) is 5.88. The molecule has 13 heavy (non-hydrogen) atoms. The standard InChI is InChI=1S/C7H14N2O3S/c1-13(2,12)9-7(11)6-3-5(10)4-8-6/h5-6,8,10H,3-4H2,1-2H3. The number of carbonyl (C=O) groups is 1. The monoisotopic (exact) mass is 206 g/mol. The number of hydrogen-bond acceptors (Lipinski definition) is 4. The summed E-state index contributed by atoms with van der Waals surface area (Å²) in [5.41, 5.74) is 0. The van der Waals surface area contributed by atoms with Crippen LogP contribution in [0.4, 0.5) is 0 Å². The zero-order chi connectivity index (χ0) is 10.1. The van der Waals surface area contributed by atoms with Crippen molar-refractivity contribution < 1.29 is 14.1 Å². The van der Waals surface area contributed by atoms with Gasteiger partial charge in [0.15, 0.2) is 0 Å². The fraction of sp³-hybridized carbons (Fsp3) is 0.857. The Balaban J connectivity index is 2.65. The van der Waals surface area contributed by atoms with E-state index in [1.807, 2.05) is 0 Å². The first-order valence-corrected chi connectivity index (χ1v) is 6.34. The first kappa shape index (κ1) is 10.6. The molecule has 1 aliphatic rings. The van der Waals surface area contributed by atoms with Crippen LogP contribution in [0.5, 0.6) is 0 Å². The largest absolute Gasteiger partial charge is 0.392 e. The molecule has 1 saturated heterocycles. The number of rotatable bonds is 1. The number of amides is 1. The average Bonchev–Trinajstić information content (AvgIpc) is 2.31. The molecule has 0 aromatic heterocycles. The van der Waals surface area contributed by atoms with Crippen LogP contribution in [-0.4, -0.2) is 46.4 Å². The lowest BCUT2D eigenvalue weighted by Gasteiger charge is -2.04. The SMILES string of the molecule is CS(C)(=O)=NC(=O)C1CC(O)CN1. The molecule has 1 aliphatic heterocycles. The number of nitrogens with zero attached hydrogens (tertiary/aromatic N) is 1. The zero-order valence-electron chi connectivity index (χ0n) is 7.69. The van der Waals surface area contributed by atoms with Crippen molar-refractivity contribution in [2.45, 2.75) is 18.6 Å². The highest BCUT2D eigenvalue weighted by molar-refractivity contribution is 7.92. The van der Waals surface area contributed by atoms with E-state index < -0.39 is 27.8 Å². The van der Waals surface area contributed by atoms with Crippen molar-refractivity contribution in [2.24, 2.45) is 4.36 Å². The Labute approximate surface area is 77.7 Å². The Kier molecular flexibility index (Phi) is 3.05. The quantitative estimate of drug-likeness (QED) is 0.574. The van der Waals surface area contributed by atoms with Gasteiger partial charge in [-0.15, -0.1) is 0 Å². The Morgan fingerprint density at radius 1 is 1.62 bits per heavy atom. The van der Waals surface area contributed by atoms with E-state index in [4.69, 9.17) is 5.11 Å². The molecule has 0 radical (unpaired) electrons. The van der Waals surface area contributed by atoms with Gasteiger partial charge in [0.2, 0.25) is 0 Å². The Hall–Kier alpha value is -0.460. The second kappa shape index (κ2) is 3.73. The van der Waals surface area contributed by atoms with Crippen LogP contribution in [0, 0.1) is 0 Å². The van der Waals surface area contributed by atoms with Crippen LogP contribution in [0.15, 0.2) is 4.36 Å². The molecule has 0 aromatic rings. The molecule has 0 spiro atoms. The third-order valence-electron chi connectivity index (χ3n) is 1.72. The smallest absolute Gasteiger partial charge is 0.270 e. The molecule has 76 valence electrons. The maximum atomic E-state index is 11.3. The molecule has 1 rings (SSSR count). The summed E-state index contributed by atoms with van der Waals surface area (Å²) in [4.78, 5) is 11.3. The van der Waals surface area contributed by atoms with Crippen molar-refractivity contribution in [1.82, 2.24) is 5.32 Å². The predicted octanol–water partition coefficient (Wildman–Crippen LogP) is -1.04. The minimum atomic E-state index is -2.37. The van der Waals surface area contributed by atoms with E-state index in [0.29, 0.717) is 13.0 Å². The summed E-state index contributed by atoms with van der Waals surface area (Å²) in [7, 11) is -2.37. The lowest BCUT2D eigenvalue weighted by molar-refractivity contribution is -0.119. The van der Waals surface area contributed by atoms with Gasteiger partial charge in [-0.25, -0.2) is 4.21 Å². The molecule has 0 saturated carbocycles. The van der Waals surface area contributed by atoms with Crippen molar-refractivity contribution in [3.63, 3.8) is 0 Å². The number of aliphatic hydroxyl groups is 1. The lowest BCUT2D eigenvalue weighted by atomic mass is 10.2. The summed E-state index contributed by atoms with van der Waals surface area (Å²) in [6.45, 7) is 0.403. The summed E-state index contributed by atoms with van der Waals surface area (Å²) in [6, 6.07) is -0.462. The van der Waals surface area contributed by atoms with E-state index in [1.54, 1.807) is 0 Å². The molecule has 0 bridgehead atoms. The highest BCUT2D eigenvalue weighted by Crippen LogP contribution is 2.08. The molecule has 6 heteroatoms. The zero-order valence-corrected chi connectivity index (χ0v) is 8.50. The van der Waals surface area contributed by atoms with Gasteiger partial charge in [-0.1, -0.05) is 0 Å². The van der Waals surface area contributed by atoms with Crippen molar-refractivity contribution in [1.29, 1.82) is 0 Å². The van der Waals surface area contributed by atoms with Crippen LogP contribution in [0.1, 0.15) is 6.42 Å². The molecule has 1 fully saturated rings. The van der Waals surface area contributed by atoms with Gasteiger partial charge in [-0.3, -0.25) is 4.79 Å². The molecule has 2 atom stereocenters. The number of β-amino-alcohol motifs (C(OH)–C–C–N with tert-alkyl or cyclic N) is 1. The molecule has 5 nitrogen and oxygen atoms in total. The van der Waals surface area contributed by atoms with Crippen LogP contribution < -0.4 is 5.32 Å². The molecular formula is C7H14N2O3S. The fourth-order valence-corrected chi connectivity index (χ4v) is 1.75. The second-order valence-corrected chi connectivity index (χ2v) is 6.01. The predicted molar refractivity (Wildman–Crippen MR) is 49.8 cm³/mol. The summed E-state index contributed by atoms with van der Waals surface area (Å²) < 4.78 is 14.7. The van der Waals surface area contributed by atoms with Gasteiger partial charge in [-0.2, -0.15) is 4.36 Å². The van der Waals surface area contributed by atoms with E-state index in [1.165, 1.54) is 12.5 Å². The summed E-state index contributed by atoms with van der Waals surface area (Å²) in [5.74, 6) is -0.424.